The zero-order chi connectivity index (χ0) is 24.9. The minimum absolute atomic E-state index is 0.0381. The summed E-state index contributed by atoms with van der Waals surface area (Å²) in [6.07, 6.45) is -5.60. The number of amides is 1. The van der Waals surface area contributed by atoms with Crippen molar-refractivity contribution in [3.63, 3.8) is 0 Å². The van der Waals surface area contributed by atoms with Gasteiger partial charge in [-0.1, -0.05) is 6.07 Å². The maximum Gasteiger partial charge on any atom is 0.416 e. The number of halogens is 7. The highest BCUT2D eigenvalue weighted by Gasteiger charge is 2.36. The van der Waals surface area contributed by atoms with Crippen molar-refractivity contribution in [3.8, 4) is 0 Å². The monoisotopic (exact) mass is 485 g/mol. The second kappa shape index (κ2) is 8.15. The van der Waals surface area contributed by atoms with Gasteiger partial charge in [0.2, 0.25) is 0 Å². The molecule has 2 N–H and O–H groups in total. The van der Waals surface area contributed by atoms with Crippen molar-refractivity contribution >= 4 is 28.3 Å². The smallest absolute Gasteiger partial charge is 0.382 e. The molecule has 2 heterocycles. The van der Waals surface area contributed by atoms with E-state index in [2.05, 4.69) is 9.97 Å². The van der Waals surface area contributed by atoms with Crippen LogP contribution in [0.2, 0.25) is 0 Å². The van der Waals surface area contributed by atoms with E-state index >= 15 is 0 Å². The van der Waals surface area contributed by atoms with Crippen molar-refractivity contribution in [3.05, 3.63) is 71.2 Å². The highest BCUT2D eigenvalue weighted by molar-refractivity contribution is 5.98. The number of aromatic nitrogens is 3. The van der Waals surface area contributed by atoms with Gasteiger partial charge in [-0.2, -0.15) is 13.2 Å². The summed E-state index contributed by atoms with van der Waals surface area (Å²) in [6.45, 7) is 0. The molecule has 4 rings (SSSR count). The summed E-state index contributed by atoms with van der Waals surface area (Å²) in [5.74, 6) is -3.92. The predicted molar refractivity (Wildman–Crippen MR) is 107 cm³/mol. The second-order valence-corrected chi connectivity index (χ2v) is 7.40. The number of nitrogen functional groups attached to an aromatic ring is 1. The van der Waals surface area contributed by atoms with Crippen LogP contribution in [0, 0.1) is 11.6 Å². The molecule has 2 aromatic heterocycles. The van der Waals surface area contributed by atoms with Gasteiger partial charge in [0.15, 0.2) is 0 Å². The minimum Gasteiger partial charge on any atom is -0.382 e. The molecule has 2 aromatic carbocycles. The molecule has 6 nitrogen and oxygen atoms in total. The van der Waals surface area contributed by atoms with E-state index in [4.69, 9.17) is 5.73 Å². The van der Waals surface area contributed by atoms with E-state index in [-0.39, 0.29) is 22.9 Å². The van der Waals surface area contributed by atoms with Gasteiger partial charge in [0.25, 0.3) is 12.3 Å². The third kappa shape index (κ3) is 3.86. The summed E-state index contributed by atoms with van der Waals surface area (Å²) >= 11 is 0. The number of anilines is 1. The number of alkyl halides is 5. The molecule has 0 saturated carbocycles. The fraction of sp³-hybridized carbons (Fsp3) is 0.190. The van der Waals surface area contributed by atoms with Gasteiger partial charge in [-0.3, -0.25) is 9.20 Å². The van der Waals surface area contributed by atoms with Gasteiger partial charge in [-0.05, 0) is 18.2 Å². The van der Waals surface area contributed by atoms with Crippen LogP contribution in [0.25, 0.3) is 16.6 Å². The van der Waals surface area contributed by atoms with Crippen molar-refractivity contribution in [1.29, 1.82) is 0 Å². The van der Waals surface area contributed by atoms with E-state index in [0.717, 1.165) is 19.2 Å². The number of nitrogens with two attached hydrogens (primary N) is 1. The van der Waals surface area contributed by atoms with Crippen molar-refractivity contribution in [1.82, 2.24) is 19.3 Å². The van der Waals surface area contributed by atoms with Crippen LogP contribution in [-0.4, -0.2) is 38.6 Å². The van der Waals surface area contributed by atoms with Gasteiger partial charge >= 0.3 is 6.18 Å². The third-order valence-electron chi connectivity index (χ3n) is 5.32. The molecular weight excluding hydrogens is 471 g/mol. The molecule has 0 unspecified atom stereocenters. The summed E-state index contributed by atoms with van der Waals surface area (Å²) in [4.78, 5) is 21.3. The number of nitrogens with zero attached hydrogens (tertiary/aromatic N) is 4. The van der Waals surface area contributed by atoms with Crippen LogP contribution < -0.4 is 5.73 Å². The molecule has 34 heavy (non-hydrogen) atoms. The van der Waals surface area contributed by atoms with Crippen LogP contribution >= 0.6 is 0 Å². The molecule has 0 fully saturated rings. The lowest BCUT2D eigenvalue weighted by molar-refractivity contribution is -0.137. The van der Waals surface area contributed by atoms with E-state index in [0.29, 0.717) is 22.5 Å². The second-order valence-electron chi connectivity index (χ2n) is 7.40. The maximum absolute atomic E-state index is 14.8. The van der Waals surface area contributed by atoms with Crippen molar-refractivity contribution in [2.24, 2.45) is 0 Å². The van der Waals surface area contributed by atoms with Gasteiger partial charge in [0.05, 0.1) is 34.7 Å². The van der Waals surface area contributed by atoms with E-state index in [9.17, 15) is 35.5 Å². The third-order valence-corrected chi connectivity index (χ3v) is 5.32. The Morgan fingerprint density at radius 2 is 1.79 bits per heavy atom. The highest BCUT2D eigenvalue weighted by Crippen LogP contribution is 2.35. The molecule has 1 amide bonds. The summed E-state index contributed by atoms with van der Waals surface area (Å²) in [5.41, 5.74) is 3.51. The fourth-order valence-electron chi connectivity index (χ4n) is 3.63. The fourth-order valence-corrected chi connectivity index (χ4v) is 3.63. The summed E-state index contributed by atoms with van der Waals surface area (Å²) in [6, 6.07) is 0.651. The SMILES string of the molecule is CN(C(=O)c1cc2c(cc1F)nc(N)c1cncn12)[C@@H](c1ccc(C(F)(F)F)cc1F)C(F)F. The van der Waals surface area contributed by atoms with Crippen molar-refractivity contribution in [2.75, 3.05) is 12.8 Å². The van der Waals surface area contributed by atoms with Gasteiger partial charge in [-0.25, -0.2) is 27.5 Å². The first-order chi connectivity index (χ1) is 15.9. The lowest BCUT2D eigenvalue weighted by Crippen LogP contribution is -2.36. The summed E-state index contributed by atoms with van der Waals surface area (Å²) < 4.78 is 96.8. The molecule has 13 heteroatoms. The number of hydrogen-bond acceptors (Lipinski definition) is 4. The molecule has 0 aliphatic rings. The standard InChI is InChI=1S/C21H14F7N5O/c1-32(17(18(24)25)10-3-2-9(4-12(10)22)21(26,27)28)20(34)11-5-15-14(6-13(11)23)31-19(29)16-7-30-8-33(15)16/h2-8,17-18H,1H3,(H2,29,31)/t17-/m0/s1. The Hall–Kier alpha value is -3.90. The average molecular weight is 485 g/mol. The Labute approximate surface area is 186 Å². The van der Waals surface area contributed by atoms with Gasteiger partial charge < -0.3 is 10.6 Å². The molecule has 178 valence electrons. The molecule has 0 bridgehead atoms. The topological polar surface area (TPSA) is 76.5 Å². The summed E-state index contributed by atoms with van der Waals surface area (Å²) in [7, 11) is 0.869. The van der Waals surface area contributed by atoms with Gasteiger partial charge in [0, 0.05) is 18.7 Å². The average Bonchev–Trinajstić information content (AvgIpc) is 3.24. The number of fused-ring (bicyclic) bond motifs is 3. The normalized spacial score (nSPS) is 13.1. The lowest BCUT2D eigenvalue weighted by atomic mass is 10.0. The van der Waals surface area contributed by atoms with E-state index in [1.165, 1.54) is 16.9 Å². The number of carbonyl (C=O) groups excluding carboxylic acids is 1. The first-order valence-corrected chi connectivity index (χ1v) is 9.53. The molecule has 0 aliphatic heterocycles. The van der Waals surface area contributed by atoms with Crippen LogP contribution in [0.15, 0.2) is 42.9 Å². The van der Waals surface area contributed by atoms with E-state index in [1.54, 1.807) is 0 Å². The van der Waals surface area contributed by atoms with Crippen molar-refractivity contribution < 1.29 is 35.5 Å². The Morgan fingerprint density at radius 1 is 1.09 bits per heavy atom. The molecule has 4 aromatic rings. The Balaban J connectivity index is 1.78. The van der Waals surface area contributed by atoms with Gasteiger partial charge in [-0.15, -0.1) is 0 Å². The predicted octanol–water partition coefficient (Wildman–Crippen LogP) is 4.84. The molecule has 0 radical (unpaired) electrons. The maximum atomic E-state index is 14.8. The number of hydrogen-bond donors (Lipinski definition) is 1. The molecular formula is C21H14F7N5O. The molecule has 0 saturated heterocycles. The number of imidazole rings is 1. The number of rotatable bonds is 4. The summed E-state index contributed by atoms with van der Waals surface area (Å²) in [5, 5.41) is 0. The van der Waals surface area contributed by atoms with Crippen LogP contribution in [-0.2, 0) is 6.18 Å². The Morgan fingerprint density at radius 3 is 2.41 bits per heavy atom. The first-order valence-electron chi connectivity index (χ1n) is 9.53. The first kappa shape index (κ1) is 23.3. The lowest BCUT2D eigenvalue weighted by Gasteiger charge is -2.29. The number of benzene rings is 2. The quantitative estimate of drug-likeness (QED) is 0.420. The van der Waals surface area contributed by atoms with Crippen LogP contribution in [0.5, 0.6) is 0 Å². The minimum atomic E-state index is -4.90. The van der Waals surface area contributed by atoms with Crippen LogP contribution in [0.3, 0.4) is 0 Å². The molecule has 1 atom stereocenters. The van der Waals surface area contributed by atoms with Crippen LogP contribution in [0.4, 0.5) is 36.6 Å². The highest BCUT2D eigenvalue weighted by atomic mass is 19.4. The Kier molecular flexibility index (Phi) is 5.58. The Bertz CT molecular complexity index is 1420. The zero-order valence-electron chi connectivity index (χ0n) is 17.1. The zero-order valence-corrected chi connectivity index (χ0v) is 17.1. The van der Waals surface area contributed by atoms with Crippen LogP contribution in [0.1, 0.15) is 27.5 Å². The molecule has 0 aliphatic carbocycles. The van der Waals surface area contributed by atoms with Gasteiger partial charge in [0.1, 0.15) is 29.0 Å². The largest absolute Gasteiger partial charge is 0.416 e. The van der Waals surface area contributed by atoms with Crippen molar-refractivity contribution in [2.45, 2.75) is 18.6 Å². The molecule has 0 spiro atoms. The number of carbonyl (C=O) groups is 1. The van der Waals surface area contributed by atoms with E-state index in [1.807, 2.05) is 0 Å². The van der Waals surface area contributed by atoms with E-state index < -0.39 is 52.9 Å².